The van der Waals surface area contributed by atoms with Crippen molar-refractivity contribution in [1.82, 2.24) is 4.98 Å². The molecule has 14 heavy (non-hydrogen) atoms. The van der Waals surface area contributed by atoms with Crippen LogP contribution in [0.1, 0.15) is 51.8 Å². The molecule has 1 rings (SSSR count). The monoisotopic (exact) mass is 197 g/mol. The van der Waals surface area contributed by atoms with Crippen LogP contribution in [0.5, 0.6) is 0 Å². The van der Waals surface area contributed by atoms with Crippen LogP contribution in [0.3, 0.4) is 0 Å². The van der Waals surface area contributed by atoms with Gasteiger partial charge in [-0.05, 0) is 24.0 Å². The van der Waals surface area contributed by atoms with Crippen molar-refractivity contribution >= 4 is 0 Å². The van der Waals surface area contributed by atoms with E-state index in [0.717, 1.165) is 17.7 Å². The van der Waals surface area contributed by atoms with Crippen molar-refractivity contribution in [2.75, 3.05) is 0 Å². The van der Waals surface area contributed by atoms with E-state index in [2.05, 4.69) is 18.8 Å². The van der Waals surface area contributed by atoms with Crippen LogP contribution in [0.4, 0.5) is 4.39 Å². The molecule has 2 heteroatoms. The second kappa shape index (κ2) is 6.52. The summed E-state index contributed by atoms with van der Waals surface area (Å²) in [6, 6.07) is 1.57. The van der Waals surface area contributed by atoms with Gasteiger partial charge >= 0.3 is 0 Å². The second-order valence-corrected chi connectivity index (χ2v) is 3.21. The third-order valence-corrected chi connectivity index (χ3v) is 1.90. The minimum atomic E-state index is -0.240. The lowest BCUT2D eigenvalue weighted by atomic mass is 10.0. The molecule has 0 aliphatic carbocycles. The molecule has 1 aromatic rings. The molecule has 0 radical (unpaired) electrons. The van der Waals surface area contributed by atoms with Crippen LogP contribution in [0, 0.1) is 5.82 Å². The van der Waals surface area contributed by atoms with E-state index in [0.29, 0.717) is 5.92 Å². The summed E-state index contributed by atoms with van der Waals surface area (Å²) in [6.07, 6.45) is 2.13. The average Bonchev–Trinajstić information content (AvgIpc) is 2.20. The number of halogens is 1. The number of hydrogen-bond donors (Lipinski definition) is 0. The Morgan fingerprint density at radius 1 is 1.36 bits per heavy atom. The van der Waals surface area contributed by atoms with Gasteiger partial charge in [-0.15, -0.1) is 0 Å². The SMILES string of the molecule is CC.CCc1cc(F)cnc1C(C)C. The molecule has 0 aromatic carbocycles. The fourth-order valence-corrected chi connectivity index (χ4v) is 1.29. The fraction of sp³-hybridized carbons (Fsp3) is 0.583. The van der Waals surface area contributed by atoms with Crippen LogP contribution in [0.25, 0.3) is 0 Å². The maximum Gasteiger partial charge on any atom is 0.141 e. The number of hydrogen-bond acceptors (Lipinski definition) is 1. The molecule has 0 spiro atoms. The molecule has 1 aromatic heterocycles. The van der Waals surface area contributed by atoms with Gasteiger partial charge in [0.1, 0.15) is 5.82 Å². The van der Waals surface area contributed by atoms with Gasteiger partial charge in [0.05, 0.1) is 6.20 Å². The van der Waals surface area contributed by atoms with E-state index in [1.165, 1.54) is 6.20 Å². The molecule has 1 nitrogen and oxygen atoms in total. The Labute approximate surface area is 86.4 Å². The summed E-state index contributed by atoms with van der Waals surface area (Å²) < 4.78 is 12.7. The molecule has 0 fully saturated rings. The van der Waals surface area contributed by atoms with Crippen LogP contribution < -0.4 is 0 Å². The van der Waals surface area contributed by atoms with Gasteiger partial charge in [0.25, 0.3) is 0 Å². The van der Waals surface area contributed by atoms with Crippen LogP contribution >= 0.6 is 0 Å². The lowest BCUT2D eigenvalue weighted by Crippen LogP contribution is -1.99. The summed E-state index contributed by atoms with van der Waals surface area (Å²) in [7, 11) is 0. The van der Waals surface area contributed by atoms with E-state index in [1.807, 2.05) is 20.8 Å². The highest BCUT2D eigenvalue weighted by atomic mass is 19.1. The Morgan fingerprint density at radius 3 is 2.36 bits per heavy atom. The number of pyridine rings is 1. The Balaban J connectivity index is 0.000000791. The number of nitrogens with zero attached hydrogens (tertiary/aromatic N) is 1. The summed E-state index contributed by atoms with van der Waals surface area (Å²) in [5, 5.41) is 0. The predicted octanol–water partition coefficient (Wildman–Crippen LogP) is 3.93. The highest BCUT2D eigenvalue weighted by molar-refractivity contribution is 5.22. The van der Waals surface area contributed by atoms with Crippen LogP contribution in [-0.4, -0.2) is 4.98 Å². The molecular weight excluding hydrogens is 177 g/mol. The van der Waals surface area contributed by atoms with Crippen molar-refractivity contribution in [3.63, 3.8) is 0 Å². The van der Waals surface area contributed by atoms with E-state index < -0.39 is 0 Å². The van der Waals surface area contributed by atoms with Gasteiger partial charge in [-0.2, -0.15) is 0 Å². The van der Waals surface area contributed by atoms with Gasteiger partial charge in [0, 0.05) is 5.69 Å². The number of aromatic nitrogens is 1. The first-order valence-corrected chi connectivity index (χ1v) is 5.29. The van der Waals surface area contributed by atoms with Gasteiger partial charge in [0.2, 0.25) is 0 Å². The summed E-state index contributed by atoms with van der Waals surface area (Å²) in [5.41, 5.74) is 2.03. The zero-order valence-corrected chi connectivity index (χ0v) is 9.76. The average molecular weight is 197 g/mol. The van der Waals surface area contributed by atoms with Crippen molar-refractivity contribution in [2.45, 2.75) is 47.0 Å². The predicted molar refractivity (Wildman–Crippen MR) is 59.0 cm³/mol. The smallest absolute Gasteiger partial charge is 0.141 e. The van der Waals surface area contributed by atoms with Crippen molar-refractivity contribution in [1.29, 1.82) is 0 Å². The van der Waals surface area contributed by atoms with E-state index in [1.54, 1.807) is 6.07 Å². The standard InChI is InChI=1S/C10H14FN.C2H6/c1-4-8-5-9(11)6-12-10(8)7(2)3;1-2/h5-7H,4H2,1-3H3;1-2H3. The van der Waals surface area contributed by atoms with Gasteiger partial charge < -0.3 is 0 Å². The third-order valence-electron chi connectivity index (χ3n) is 1.90. The number of rotatable bonds is 2. The Morgan fingerprint density at radius 2 is 1.93 bits per heavy atom. The summed E-state index contributed by atoms with van der Waals surface area (Å²) in [4.78, 5) is 4.07. The van der Waals surface area contributed by atoms with E-state index in [4.69, 9.17) is 0 Å². The van der Waals surface area contributed by atoms with E-state index in [9.17, 15) is 4.39 Å². The summed E-state index contributed by atoms with van der Waals surface area (Å²) in [6.45, 7) is 10.2. The molecule has 0 saturated heterocycles. The zero-order valence-electron chi connectivity index (χ0n) is 9.76. The normalized spacial score (nSPS) is 9.64. The van der Waals surface area contributed by atoms with Gasteiger partial charge in [0.15, 0.2) is 0 Å². The van der Waals surface area contributed by atoms with Crippen LogP contribution in [0.2, 0.25) is 0 Å². The second-order valence-electron chi connectivity index (χ2n) is 3.21. The first-order chi connectivity index (χ1) is 6.65. The maximum atomic E-state index is 12.7. The first-order valence-electron chi connectivity index (χ1n) is 5.29. The van der Waals surface area contributed by atoms with Crippen LogP contribution in [0.15, 0.2) is 12.3 Å². The Kier molecular flexibility index (Phi) is 6.09. The quantitative estimate of drug-likeness (QED) is 0.700. The lowest BCUT2D eigenvalue weighted by Gasteiger charge is -2.09. The number of aryl methyl sites for hydroxylation is 1. The van der Waals surface area contributed by atoms with E-state index >= 15 is 0 Å². The molecular formula is C12H20FN. The van der Waals surface area contributed by atoms with Crippen molar-refractivity contribution in [2.24, 2.45) is 0 Å². The minimum Gasteiger partial charge on any atom is -0.258 e. The van der Waals surface area contributed by atoms with Crippen molar-refractivity contribution < 1.29 is 4.39 Å². The van der Waals surface area contributed by atoms with Gasteiger partial charge in [-0.1, -0.05) is 34.6 Å². The molecule has 1 heterocycles. The summed E-state index contributed by atoms with van der Waals surface area (Å²) in [5.74, 6) is 0.136. The van der Waals surface area contributed by atoms with Crippen LogP contribution in [-0.2, 0) is 6.42 Å². The zero-order chi connectivity index (χ0) is 11.1. The lowest BCUT2D eigenvalue weighted by molar-refractivity contribution is 0.613. The Hall–Kier alpha value is -0.920. The molecule has 0 aliphatic rings. The fourth-order valence-electron chi connectivity index (χ4n) is 1.29. The molecule has 80 valence electrons. The van der Waals surface area contributed by atoms with E-state index in [-0.39, 0.29) is 5.82 Å². The molecule has 0 bridgehead atoms. The van der Waals surface area contributed by atoms with Gasteiger partial charge in [-0.3, -0.25) is 4.98 Å². The minimum absolute atomic E-state index is 0.240. The molecule has 0 saturated carbocycles. The third kappa shape index (κ3) is 3.44. The van der Waals surface area contributed by atoms with Crippen molar-refractivity contribution in [3.05, 3.63) is 29.3 Å². The molecule has 0 atom stereocenters. The first kappa shape index (κ1) is 13.1. The summed E-state index contributed by atoms with van der Waals surface area (Å²) >= 11 is 0. The Bertz CT molecular complexity index is 269. The topological polar surface area (TPSA) is 12.9 Å². The highest BCUT2D eigenvalue weighted by Crippen LogP contribution is 2.17. The highest BCUT2D eigenvalue weighted by Gasteiger charge is 2.07. The molecule has 0 aliphatic heterocycles. The largest absolute Gasteiger partial charge is 0.258 e. The molecule has 0 unspecified atom stereocenters. The maximum absolute atomic E-state index is 12.7. The molecule has 0 N–H and O–H groups in total. The van der Waals surface area contributed by atoms with Crippen molar-refractivity contribution in [3.8, 4) is 0 Å². The molecule has 0 amide bonds. The van der Waals surface area contributed by atoms with Gasteiger partial charge in [-0.25, -0.2) is 4.39 Å².